The van der Waals surface area contributed by atoms with E-state index in [1.807, 2.05) is 31.2 Å². The number of pyridine rings is 1. The molecule has 2 heterocycles. The van der Waals surface area contributed by atoms with Crippen LogP contribution in [0, 0.1) is 12.8 Å². The van der Waals surface area contributed by atoms with Crippen molar-refractivity contribution in [2.75, 3.05) is 23.7 Å². The Morgan fingerprint density at radius 2 is 1.82 bits per heavy atom. The summed E-state index contributed by atoms with van der Waals surface area (Å²) in [5.74, 6) is 2.95. The summed E-state index contributed by atoms with van der Waals surface area (Å²) in [6.07, 6.45) is 10.0. The van der Waals surface area contributed by atoms with Gasteiger partial charge in [-0.15, -0.1) is 10.2 Å². The lowest BCUT2D eigenvalue weighted by atomic mass is 9.86. The monoisotopic (exact) mass is 382 g/mol. The Kier molecular flexibility index (Phi) is 7.58. The molecule has 150 valence electrons. The second-order valence-electron chi connectivity index (χ2n) is 7.47. The maximum Gasteiger partial charge on any atom is 0.220 e. The number of hydrogen-bond acceptors (Lipinski definition) is 6. The number of aromatic nitrogens is 3. The Morgan fingerprint density at radius 3 is 2.57 bits per heavy atom. The van der Waals surface area contributed by atoms with Crippen LogP contribution in [0.1, 0.15) is 50.5 Å². The number of aryl methyl sites for hydroxylation is 1. The minimum absolute atomic E-state index is 0.142. The summed E-state index contributed by atoms with van der Waals surface area (Å²) in [6.45, 7) is 3.22. The van der Waals surface area contributed by atoms with Gasteiger partial charge in [-0.25, -0.2) is 4.98 Å². The van der Waals surface area contributed by atoms with Crippen molar-refractivity contribution in [2.45, 2.75) is 51.9 Å². The molecule has 0 atom stereocenters. The molecular formula is C21H30N6O. The van der Waals surface area contributed by atoms with Crippen LogP contribution in [0.4, 0.5) is 17.5 Å². The van der Waals surface area contributed by atoms with Gasteiger partial charge in [0.25, 0.3) is 0 Å². The lowest BCUT2D eigenvalue weighted by Gasteiger charge is -2.20. The number of nitrogens with one attached hydrogen (secondary N) is 3. The van der Waals surface area contributed by atoms with Crippen molar-refractivity contribution in [3.63, 3.8) is 0 Å². The normalized spacial score (nSPS) is 14.5. The molecule has 7 heteroatoms. The number of carbonyl (C=O) groups is 1. The van der Waals surface area contributed by atoms with Crippen LogP contribution in [0.15, 0.2) is 30.5 Å². The highest BCUT2D eigenvalue weighted by atomic mass is 16.1. The molecule has 0 spiro atoms. The Morgan fingerprint density at radius 1 is 1.04 bits per heavy atom. The van der Waals surface area contributed by atoms with Gasteiger partial charge in [-0.2, -0.15) is 0 Å². The quantitative estimate of drug-likeness (QED) is 0.571. The number of hydrogen-bond donors (Lipinski definition) is 3. The number of amides is 1. The molecule has 0 bridgehead atoms. The van der Waals surface area contributed by atoms with Crippen LogP contribution in [-0.4, -0.2) is 34.2 Å². The van der Waals surface area contributed by atoms with Gasteiger partial charge in [0.15, 0.2) is 5.82 Å². The average molecular weight is 383 g/mol. The fourth-order valence-electron chi connectivity index (χ4n) is 3.52. The number of nitrogens with zero attached hydrogens (tertiary/aromatic N) is 3. The summed E-state index contributed by atoms with van der Waals surface area (Å²) in [7, 11) is 0. The lowest BCUT2D eigenvalue weighted by Crippen LogP contribution is -2.29. The number of anilines is 3. The van der Waals surface area contributed by atoms with E-state index in [-0.39, 0.29) is 5.91 Å². The standard InChI is InChI=1S/C21H30N6O/c1-16-11-12-22-20(15-16)25-19-9-8-18(26-27-19)23-13-14-24-21(28)10-7-17-5-3-2-4-6-17/h8-9,11-12,15,17H,2-7,10,13-14H2,1H3,(H,23,26)(H,24,28)(H,22,25,27). The van der Waals surface area contributed by atoms with Gasteiger partial charge in [0.2, 0.25) is 5.91 Å². The zero-order valence-corrected chi connectivity index (χ0v) is 16.6. The van der Waals surface area contributed by atoms with Crippen LogP contribution in [-0.2, 0) is 4.79 Å². The van der Waals surface area contributed by atoms with Crippen molar-refractivity contribution < 1.29 is 4.79 Å². The SMILES string of the molecule is Cc1ccnc(Nc2ccc(NCCNC(=O)CCC3CCCCC3)nn2)c1. The van der Waals surface area contributed by atoms with Crippen LogP contribution >= 0.6 is 0 Å². The molecule has 2 aromatic heterocycles. The second kappa shape index (κ2) is 10.6. The first-order valence-electron chi connectivity index (χ1n) is 10.2. The summed E-state index contributed by atoms with van der Waals surface area (Å²) < 4.78 is 0. The molecule has 0 aromatic carbocycles. The third-order valence-corrected chi connectivity index (χ3v) is 5.09. The third-order valence-electron chi connectivity index (χ3n) is 5.09. The van der Waals surface area contributed by atoms with Crippen molar-refractivity contribution in [1.29, 1.82) is 0 Å². The summed E-state index contributed by atoms with van der Waals surface area (Å²) in [5.41, 5.74) is 1.13. The fourth-order valence-corrected chi connectivity index (χ4v) is 3.52. The Labute approximate surface area is 166 Å². The van der Waals surface area contributed by atoms with E-state index in [2.05, 4.69) is 31.1 Å². The molecule has 1 saturated carbocycles. The third kappa shape index (κ3) is 6.79. The molecule has 1 aliphatic rings. The van der Waals surface area contributed by atoms with Gasteiger partial charge in [0.05, 0.1) is 0 Å². The predicted molar refractivity (Wildman–Crippen MR) is 112 cm³/mol. The van der Waals surface area contributed by atoms with Gasteiger partial charge in [0, 0.05) is 25.7 Å². The molecule has 1 aliphatic carbocycles. The number of carbonyl (C=O) groups excluding carboxylic acids is 1. The fraction of sp³-hybridized carbons (Fsp3) is 0.524. The van der Waals surface area contributed by atoms with Gasteiger partial charge in [-0.3, -0.25) is 4.79 Å². The van der Waals surface area contributed by atoms with Crippen LogP contribution in [0.5, 0.6) is 0 Å². The second-order valence-corrected chi connectivity index (χ2v) is 7.47. The van der Waals surface area contributed by atoms with Gasteiger partial charge in [-0.1, -0.05) is 32.1 Å². The first-order chi connectivity index (χ1) is 13.7. The van der Waals surface area contributed by atoms with Crippen molar-refractivity contribution >= 4 is 23.4 Å². The Bertz CT molecular complexity index is 743. The molecular weight excluding hydrogens is 352 g/mol. The minimum atomic E-state index is 0.142. The summed E-state index contributed by atoms with van der Waals surface area (Å²) >= 11 is 0. The van der Waals surface area contributed by atoms with Crippen molar-refractivity contribution in [3.05, 3.63) is 36.0 Å². The maximum absolute atomic E-state index is 12.0. The molecule has 3 rings (SSSR count). The molecule has 0 aliphatic heterocycles. The van der Waals surface area contributed by atoms with E-state index >= 15 is 0 Å². The highest BCUT2D eigenvalue weighted by molar-refractivity contribution is 5.75. The van der Waals surface area contributed by atoms with E-state index in [1.165, 1.54) is 32.1 Å². The van der Waals surface area contributed by atoms with Crippen molar-refractivity contribution in [2.24, 2.45) is 5.92 Å². The largest absolute Gasteiger partial charge is 0.367 e. The summed E-state index contributed by atoms with van der Waals surface area (Å²) in [6, 6.07) is 7.60. The molecule has 2 aromatic rings. The summed E-state index contributed by atoms with van der Waals surface area (Å²) in [5, 5.41) is 17.6. The van der Waals surface area contributed by atoms with E-state index in [1.54, 1.807) is 6.20 Å². The summed E-state index contributed by atoms with van der Waals surface area (Å²) in [4.78, 5) is 16.2. The Balaban J connectivity index is 1.32. The Hall–Kier alpha value is -2.70. The topological polar surface area (TPSA) is 91.8 Å². The molecule has 0 saturated heterocycles. The molecule has 1 fully saturated rings. The van der Waals surface area contributed by atoms with Gasteiger partial charge in [0.1, 0.15) is 11.6 Å². The minimum Gasteiger partial charge on any atom is -0.367 e. The van der Waals surface area contributed by atoms with Crippen LogP contribution in [0.3, 0.4) is 0 Å². The molecule has 0 unspecified atom stereocenters. The zero-order chi connectivity index (χ0) is 19.6. The number of rotatable bonds is 9. The van der Waals surface area contributed by atoms with Gasteiger partial charge in [-0.05, 0) is 49.1 Å². The molecule has 0 radical (unpaired) electrons. The first kappa shape index (κ1) is 20.0. The average Bonchev–Trinajstić information content (AvgIpc) is 2.72. The zero-order valence-electron chi connectivity index (χ0n) is 16.6. The van der Waals surface area contributed by atoms with Gasteiger partial charge >= 0.3 is 0 Å². The van der Waals surface area contributed by atoms with Crippen molar-refractivity contribution in [3.8, 4) is 0 Å². The van der Waals surface area contributed by atoms with Crippen LogP contribution < -0.4 is 16.0 Å². The highest BCUT2D eigenvalue weighted by Gasteiger charge is 2.14. The maximum atomic E-state index is 12.0. The lowest BCUT2D eigenvalue weighted by molar-refractivity contribution is -0.121. The first-order valence-corrected chi connectivity index (χ1v) is 10.2. The van der Waals surface area contributed by atoms with Crippen molar-refractivity contribution in [1.82, 2.24) is 20.5 Å². The van der Waals surface area contributed by atoms with E-state index < -0.39 is 0 Å². The highest BCUT2D eigenvalue weighted by Crippen LogP contribution is 2.27. The van der Waals surface area contributed by atoms with Crippen LogP contribution in [0.25, 0.3) is 0 Å². The van der Waals surface area contributed by atoms with E-state index in [9.17, 15) is 4.79 Å². The molecule has 28 heavy (non-hydrogen) atoms. The molecule has 3 N–H and O–H groups in total. The molecule has 1 amide bonds. The van der Waals surface area contributed by atoms with Gasteiger partial charge < -0.3 is 16.0 Å². The van der Waals surface area contributed by atoms with Crippen LogP contribution in [0.2, 0.25) is 0 Å². The predicted octanol–water partition coefficient (Wildman–Crippen LogP) is 3.81. The molecule has 7 nitrogen and oxygen atoms in total. The van der Waals surface area contributed by atoms with E-state index in [0.29, 0.717) is 31.1 Å². The van der Waals surface area contributed by atoms with E-state index in [4.69, 9.17) is 0 Å². The smallest absolute Gasteiger partial charge is 0.220 e. The van der Waals surface area contributed by atoms with E-state index in [0.717, 1.165) is 23.7 Å².